The molecule has 0 rings (SSSR count). The van der Waals surface area contributed by atoms with E-state index in [-0.39, 0.29) is 40.4 Å². The minimum atomic E-state index is -2.34. The molecule has 0 saturated carbocycles. The second-order valence-electron chi connectivity index (χ2n) is 18.3. The second-order valence-corrected chi connectivity index (χ2v) is 32.3. The SMILES string of the molecule is C[C@@H](CCC/C=C\C[C@H](O[Si](C)(C)C)[C@@H](C)O[Si](C)(C)C(C)(C)C)[C@H](O)[C@@H](C)C(=O)C(C)(C)[C@H](CC(=O)O)O[Si](C)(C)C(C)(C)C. The van der Waals surface area contributed by atoms with Crippen LogP contribution in [0.25, 0.3) is 0 Å². The van der Waals surface area contributed by atoms with Crippen molar-refractivity contribution in [3.05, 3.63) is 12.2 Å². The van der Waals surface area contributed by atoms with Crippen LogP contribution in [0.2, 0.25) is 55.9 Å². The number of unbranched alkanes of at least 4 members (excludes halogenated alkanes) is 1. The summed E-state index contributed by atoms with van der Waals surface area (Å²) in [5.41, 5.74) is -1.06. The first-order valence-electron chi connectivity index (χ1n) is 17.5. The number of allylic oxidation sites excluding steroid dienone is 1. The maximum Gasteiger partial charge on any atom is 0.305 e. The van der Waals surface area contributed by atoms with Crippen molar-refractivity contribution in [3.8, 4) is 0 Å². The fourth-order valence-electron chi connectivity index (χ4n) is 5.11. The minimum Gasteiger partial charge on any atom is -0.481 e. The highest BCUT2D eigenvalue weighted by Gasteiger charge is 2.48. The molecule has 0 radical (unpaired) electrons. The maximum atomic E-state index is 13.8. The Hall–Kier alpha value is -0.629. The normalized spacial score (nSPS) is 18.2. The Labute approximate surface area is 287 Å². The summed E-state index contributed by atoms with van der Waals surface area (Å²) in [6, 6.07) is 0. The molecule has 0 aromatic heterocycles. The molecule has 0 amide bonds. The molecule has 0 aromatic carbocycles. The molecule has 0 aliphatic carbocycles. The lowest BCUT2D eigenvalue weighted by atomic mass is 9.73. The molecular formula is C36H74O7Si3. The molecular weight excluding hydrogens is 629 g/mol. The van der Waals surface area contributed by atoms with Crippen molar-refractivity contribution < 1.29 is 33.1 Å². The van der Waals surface area contributed by atoms with Gasteiger partial charge in [-0.25, -0.2) is 0 Å². The first-order valence-corrected chi connectivity index (χ1v) is 26.7. The lowest BCUT2D eigenvalue weighted by molar-refractivity contribution is -0.146. The average Bonchev–Trinajstić information content (AvgIpc) is 2.85. The Kier molecular flexibility index (Phi) is 17.1. The van der Waals surface area contributed by atoms with Crippen LogP contribution in [0.5, 0.6) is 0 Å². The van der Waals surface area contributed by atoms with Crippen molar-refractivity contribution in [1.82, 2.24) is 0 Å². The van der Waals surface area contributed by atoms with Crippen molar-refractivity contribution >= 4 is 36.7 Å². The van der Waals surface area contributed by atoms with Gasteiger partial charge in [-0.2, -0.15) is 0 Å². The third-order valence-electron chi connectivity index (χ3n) is 10.4. The molecule has 0 unspecified atom stereocenters. The number of aliphatic carboxylic acids is 1. The van der Waals surface area contributed by atoms with Crippen LogP contribution in [0.3, 0.4) is 0 Å². The van der Waals surface area contributed by atoms with Gasteiger partial charge in [0.1, 0.15) is 5.78 Å². The Balaban J connectivity index is 5.36. The quantitative estimate of drug-likeness (QED) is 0.0740. The number of carboxylic acids is 1. The van der Waals surface area contributed by atoms with Crippen molar-refractivity contribution in [2.24, 2.45) is 17.3 Å². The fraction of sp³-hybridized carbons (Fsp3) is 0.889. The van der Waals surface area contributed by atoms with Gasteiger partial charge in [0.2, 0.25) is 0 Å². The summed E-state index contributed by atoms with van der Waals surface area (Å²) in [4.78, 5) is 25.6. The van der Waals surface area contributed by atoms with Gasteiger partial charge in [-0.1, -0.05) is 81.4 Å². The van der Waals surface area contributed by atoms with E-state index < -0.39 is 54.5 Å². The molecule has 272 valence electrons. The number of hydrogen-bond donors (Lipinski definition) is 2. The maximum absolute atomic E-state index is 13.8. The molecule has 0 fully saturated rings. The standard InChI is InChI=1S/C36H74O7Si3/c1-26(23-21-19-20-22-24-29(42-44(12,13)14)28(3)41-45(15,16)34(4,5)6)32(39)27(2)33(40)36(10,11)30(25-31(37)38)43-46(17,18)35(7,8)9/h20,22,26-30,32,39H,19,21,23-25H2,1-18H3,(H,37,38)/b22-20-/t26-,27+,28+,29-,30-,32-/m0/s1. The van der Waals surface area contributed by atoms with Gasteiger partial charge in [-0.3, -0.25) is 9.59 Å². The van der Waals surface area contributed by atoms with E-state index in [0.717, 1.165) is 25.7 Å². The number of carbonyl (C=O) groups excluding carboxylic acids is 1. The van der Waals surface area contributed by atoms with Crippen molar-refractivity contribution in [3.63, 3.8) is 0 Å². The number of aliphatic hydroxyl groups is 1. The number of aliphatic hydroxyl groups excluding tert-OH is 1. The molecule has 10 heteroatoms. The van der Waals surface area contributed by atoms with Gasteiger partial charge in [0, 0.05) is 11.3 Å². The van der Waals surface area contributed by atoms with Gasteiger partial charge in [0.15, 0.2) is 25.0 Å². The Bertz CT molecular complexity index is 987. The van der Waals surface area contributed by atoms with Crippen LogP contribution in [0.4, 0.5) is 0 Å². The molecule has 0 spiro atoms. The average molecular weight is 703 g/mol. The van der Waals surface area contributed by atoms with Crippen LogP contribution in [0.1, 0.15) is 108 Å². The molecule has 0 aliphatic rings. The van der Waals surface area contributed by atoms with E-state index in [4.69, 9.17) is 13.3 Å². The number of carboxylic acid groups (broad SMARTS) is 1. The van der Waals surface area contributed by atoms with E-state index in [9.17, 15) is 19.8 Å². The predicted octanol–water partition coefficient (Wildman–Crippen LogP) is 9.83. The fourth-order valence-corrected chi connectivity index (χ4v) is 9.19. The third kappa shape index (κ3) is 14.5. The lowest BCUT2D eigenvalue weighted by Gasteiger charge is -2.44. The second kappa shape index (κ2) is 17.3. The predicted molar refractivity (Wildman–Crippen MR) is 201 cm³/mol. The molecule has 0 heterocycles. The summed E-state index contributed by atoms with van der Waals surface area (Å²) in [7, 11) is -6.03. The summed E-state index contributed by atoms with van der Waals surface area (Å²) in [5, 5.41) is 20.9. The molecule has 0 bridgehead atoms. The van der Waals surface area contributed by atoms with E-state index in [1.165, 1.54) is 0 Å². The summed E-state index contributed by atoms with van der Waals surface area (Å²) in [6.07, 6.45) is 5.94. The summed E-state index contributed by atoms with van der Waals surface area (Å²) in [5.74, 6) is -1.86. The number of carbonyl (C=O) groups is 2. The smallest absolute Gasteiger partial charge is 0.305 e. The number of ketones is 1. The first-order chi connectivity index (χ1) is 20.4. The Morgan fingerprint density at radius 1 is 0.761 bits per heavy atom. The van der Waals surface area contributed by atoms with Gasteiger partial charge in [-0.15, -0.1) is 0 Å². The highest BCUT2D eigenvalue weighted by Crippen LogP contribution is 2.42. The number of Topliss-reactive ketones (excluding diaryl/α,β-unsaturated/α-hetero) is 1. The van der Waals surface area contributed by atoms with Crippen molar-refractivity contribution in [1.29, 1.82) is 0 Å². The largest absolute Gasteiger partial charge is 0.481 e. The molecule has 7 nitrogen and oxygen atoms in total. The zero-order valence-corrected chi connectivity index (χ0v) is 36.1. The number of rotatable bonds is 20. The zero-order valence-electron chi connectivity index (χ0n) is 33.1. The Morgan fingerprint density at radius 3 is 1.67 bits per heavy atom. The molecule has 6 atom stereocenters. The molecule has 2 N–H and O–H groups in total. The molecule has 0 saturated heterocycles. The van der Waals surface area contributed by atoms with Crippen LogP contribution < -0.4 is 0 Å². The monoisotopic (exact) mass is 702 g/mol. The van der Waals surface area contributed by atoms with E-state index in [0.29, 0.717) is 0 Å². The number of hydrogen-bond acceptors (Lipinski definition) is 6. The summed E-state index contributed by atoms with van der Waals surface area (Å²) >= 11 is 0. The van der Waals surface area contributed by atoms with E-state index >= 15 is 0 Å². The van der Waals surface area contributed by atoms with Crippen molar-refractivity contribution in [2.75, 3.05) is 0 Å². The van der Waals surface area contributed by atoms with Gasteiger partial charge in [0.25, 0.3) is 0 Å². The Morgan fingerprint density at radius 2 is 1.24 bits per heavy atom. The van der Waals surface area contributed by atoms with Crippen LogP contribution >= 0.6 is 0 Å². The molecule has 0 aromatic rings. The molecule has 46 heavy (non-hydrogen) atoms. The van der Waals surface area contributed by atoms with Crippen molar-refractivity contribution in [2.45, 2.75) is 189 Å². The van der Waals surface area contributed by atoms with Crippen LogP contribution in [-0.2, 0) is 22.9 Å². The first kappa shape index (κ1) is 45.4. The summed E-state index contributed by atoms with van der Waals surface area (Å²) < 4.78 is 19.8. The van der Waals surface area contributed by atoms with E-state index in [2.05, 4.69) is 106 Å². The highest BCUT2D eigenvalue weighted by molar-refractivity contribution is 6.74. The third-order valence-corrected chi connectivity index (χ3v) is 20.5. The highest BCUT2D eigenvalue weighted by atomic mass is 28.4. The topological polar surface area (TPSA) is 102 Å². The van der Waals surface area contributed by atoms with Gasteiger partial charge in [-0.05, 0) is 94.4 Å². The zero-order chi connectivity index (χ0) is 36.7. The van der Waals surface area contributed by atoms with Crippen LogP contribution in [0, 0.1) is 17.3 Å². The van der Waals surface area contributed by atoms with Gasteiger partial charge >= 0.3 is 5.97 Å². The van der Waals surface area contributed by atoms with E-state index in [1.54, 1.807) is 20.8 Å². The van der Waals surface area contributed by atoms with Crippen LogP contribution in [0.15, 0.2) is 12.2 Å². The minimum absolute atomic E-state index is 0.0121. The van der Waals surface area contributed by atoms with Gasteiger partial charge in [0.05, 0.1) is 30.8 Å². The lowest BCUT2D eigenvalue weighted by Crippen LogP contribution is -2.52. The summed E-state index contributed by atoms with van der Waals surface area (Å²) in [6.45, 7) is 37.9. The van der Waals surface area contributed by atoms with Gasteiger partial charge < -0.3 is 23.5 Å². The van der Waals surface area contributed by atoms with E-state index in [1.807, 2.05) is 6.92 Å². The van der Waals surface area contributed by atoms with Crippen LogP contribution in [-0.4, -0.2) is 71.3 Å². The molecule has 0 aliphatic heterocycles.